The fraction of sp³-hybridized carbons (Fsp3) is 0.400. The van der Waals surface area contributed by atoms with Gasteiger partial charge in [0.05, 0.1) is 11.8 Å². The Kier molecular flexibility index (Phi) is 3.98. The number of carbonyl (C=O) groups is 4. The third-order valence-corrected chi connectivity index (χ3v) is 5.70. The highest BCUT2D eigenvalue weighted by atomic mass is 16.2. The molecule has 1 aliphatic heterocycles. The monoisotopic (exact) mass is 352 g/mol. The highest BCUT2D eigenvalue weighted by Crippen LogP contribution is 2.52. The molecule has 0 unspecified atom stereocenters. The van der Waals surface area contributed by atoms with Gasteiger partial charge >= 0.3 is 0 Å². The molecule has 1 aromatic carbocycles. The number of hydrogen-bond donors (Lipinski definition) is 1. The topological polar surface area (TPSA) is 83.6 Å². The molecule has 1 aromatic rings. The molecule has 1 saturated carbocycles. The molecule has 0 spiro atoms. The Bertz CT molecular complexity index is 797. The number of imide groups is 1. The van der Waals surface area contributed by atoms with Crippen LogP contribution in [0.25, 0.3) is 0 Å². The first kappa shape index (κ1) is 16.7. The highest BCUT2D eigenvalue weighted by Gasteiger charge is 2.58. The van der Waals surface area contributed by atoms with E-state index in [1.165, 1.54) is 11.8 Å². The van der Waals surface area contributed by atoms with Crippen LogP contribution in [0.2, 0.25) is 0 Å². The van der Waals surface area contributed by atoms with E-state index in [1.807, 2.05) is 0 Å². The number of rotatable bonds is 5. The van der Waals surface area contributed by atoms with Crippen LogP contribution in [0.5, 0.6) is 0 Å². The Labute approximate surface area is 151 Å². The van der Waals surface area contributed by atoms with Crippen LogP contribution in [0.3, 0.4) is 0 Å². The van der Waals surface area contributed by atoms with E-state index in [-0.39, 0.29) is 60.1 Å². The summed E-state index contributed by atoms with van der Waals surface area (Å²) in [4.78, 5) is 49.8. The molecule has 1 heterocycles. The summed E-state index contributed by atoms with van der Waals surface area (Å²) in [6.45, 7) is 1.59. The van der Waals surface area contributed by atoms with Gasteiger partial charge in [0.15, 0.2) is 5.78 Å². The molecule has 0 radical (unpaired) electrons. The minimum absolute atomic E-state index is 0.0389. The molecular weight excluding hydrogens is 332 g/mol. The summed E-state index contributed by atoms with van der Waals surface area (Å²) in [7, 11) is 0. The van der Waals surface area contributed by atoms with Crippen molar-refractivity contribution >= 4 is 29.2 Å². The molecule has 1 N–H and O–H groups in total. The van der Waals surface area contributed by atoms with Gasteiger partial charge in [-0.1, -0.05) is 12.2 Å². The van der Waals surface area contributed by atoms with Gasteiger partial charge in [-0.3, -0.25) is 24.1 Å². The lowest BCUT2D eigenvalue weighted by molar-refractivity contribution is -0.140. The summed E-state index contributed by atoms with van der Waals surface area (Å²) in [5.41, 5.74) is 1.16. The standard InChI is InChI=1S/C20H20N2O4/c1-11(23)12-4-6-15(7-5-12)21-16(24)8-9-22-19(25)17-13-2-3-14(10-13)18(17)20(22)26/h2-7,13-14,17-18H,8-10H2,1H3,(H,21,24)/t13-,14-,17-,18+/m0/s1. The molecule has 4 rings (SSSR count). The van der Waals surface area contributed by atoms with Crippen LogP contribution in [0.15, 0.2) is 36.4 Å². The molecule has 3 aliphatic rings. The van der Waals surface area contributed by atoms with Crippen molar-refractivity contribution in [2.75, 3.05) is 11.9 Å². The Morgan fingerprint density at radius 1 is 1.04 bits per heavy atom. The molecule has 1 saturated heterocycles. The number of benzene rings is 1. The molecule has 6 heteroatoms. The van der Waals surface area contributed by atoms with Crippen LogP contribution < -0.4 is 5.32 Å². The van der Waals surface area contributed by atoms with Crippen molar-refractivity contribution in [3.63, 3.8) is 0 Å². The van der Waals surface area contributed by atoms with Crippen molar-refractivity contribution < 1.29 is 19.2 Å². The van der Waals surface area contributed by atoms with Gasteiger partial charge in [-0.2, -0.15) is 0 Å². The van der Waals surface area contributed by atoms with E-state index in [9.17, 15) is 19.2 Å². The molecule has 26 heavy (non-hydrogen) atoms. The fourth-order valence-electron chi connectivity index (χ4n) is 4.41. The predicted octanol–water partition coefficient (Wildman–Crippen LogP) is 2.02. The minimum atomic E-state index is -0.265. The maximum Gasteiger partial charge on any atom is 0.233 e. The van der Waals surface area contributed by atoms with E-state index in [0.717, 1.165) is 6.42 Å². The lowest BCUT2D eigenvalue weighted by Crippen LogP contribution is -2.35. The van der Waals surface area contributed by atoms with Crippen molar-refractivity contribution in [1.82, 2.24) is 4.90 Å². The smallest absolute Gasteiger partial charge is 0.233 e. The number of anilines is 1. The zero-order valence-corrected chi connectivity index (χ0v) is 14.5. The number of allylic oxidation sites excluding steroid dienone is 2. The molecule has 2 fully saturated rings. The van der Waals surface area contributed by atoms with E-state index in [0.29, 0.717) is 11.3 Å². The number of ketones is 1. The quantitative estimate of drug-likeness (QED) is 0.499. The van der Waals surface area contributed by atoms with Gasteiger partial charge in [-0.15, -0.1) is 0 Å². The first-order chi connectivity index (χ1) is 12.5. The second kappa shape index (κ2) is 6.20. The van der Waals surface area contributed by atoms with Crippen molar-refractivity contribution in [2.45, 2.75) is 19.8 Å². The first-order valence-corrected chi connectivity index (χ1v) is 8.90. The Morgan fingerprint density at radius 2 is 1.62 bits per heavy atom. The third kappa shape index (κ3) is 2.66. The first-order valence-electron chi connectivity index (χ1n) is 8.90. The fourth-order valence-corrected chi connectivity index (χ4v) is 4.41. The number of nitrogens with zero attached hydrogens (tertiary/aromatic N) is 1. The minimum Gasteiger partial charge on any atom is -0.326 e. The molecule has 134 valence electrons. The van der Waals surface area contributed by atoms with Gasteiger partial charge in [0.1, 0.15) is 0 Å². The van der Waals surface area contributed by atoms with Gasteiger partial charge in [-0.25, -0.2) is 0 Å². The lowest BCUT2D eigenvalue weighted by atomic mass is 9.85. The van der Waals surface area contributed by atoms with Gasteiger partial charge in [-0.05, 0) is 49.4 Å². The predicted molar refractivity (Wildman–Crippen MR) is 94.1 cm³/mol. The van der Waals surface area contributed by atoms with Crippen molar-refractivity contribution in [2.24, 2.45) is 23.7 Å². The van der Waals surface area contributed by atoms with Crippen LogP contribution in [0.1, 0.15) is 30.1 Å². The van der Waals surface area contributed by atoms with Crippen LogP contribution in [0.4, 0.5) is 5.69 Å². The van der Waals surface area contributed by atoms with Gasteiger partial charge in [0, 0.05) is 24.2 Å². The van der Waals surface area contributed by atoms with E-state index in [2.05, 4.69) is 17.5 Å². The number of hydrogen-bond acceptors (Lipinski definition) is 4. The molecule has 4 atom stereocenters. The Hall–Kier alpha value is -2.76. The molecular formula is C20H20N2O4. The van der Waals surface area contributed by atoms with Gasteiger partial charge < -0.3 is 5.32 Å². The van der Waals surface area contributed by atoms with Crippen LogP contribution in [-0.4, -0.2) is 34.9 Å². The number of fused-ring (bicyclic) bond motifs is 5. The lowest BCUT2D eigenvalue weighted by Gasteiger charge is -2.17. The van der Waals surface area contributed by atoms with Crippen LogP contribution in [-0.2, 0) is 14.4 Å². The Balaban J connectivity index is 1.34. The second-order valence-corrected chi connectivity index (χ2v) is 7.26. The van der Waals surface area contributed by atoms with Crippen molar-refractivity contribution in [3.05, 3.63) is 42.0 Å². The SMILES string of the molecule is CC(=O)c1ccc(NC(=O)CCN2C(=O)[C@@H]3[C@H](C2=O)[C@H]2C=C[C@H]3C2)cc1. The highest BCUT2D eigenvalue weighted by molar-refractivity contribution is 6.06. The Morgan fingerprint density at radius 3 is 2.15 bits per heavy atom. The summed E-state index contributed by atoms with van der Waals surface area (Å²) < 4.78 is 0. The summed E-state index contributed by atoms with van der Waals surface area (Å²) in [6, 6.07) is 6.62. The number of nitrogens with one attached hydrogen (secondary N) is 1. The van der Waals surface area contributed by atoms with E-state index >= 15 is 0 Å². The molecule has 0 aromatic heterocycles. The summed E-state index contributed by atoms with van der Waals surface area (Å²) in [5.74, 6) is -0.646. The zero-order chi connectivity index (χ0) is 18.4. The van der Waals surface area contributed by atoms with Crippen LogP contribution in [0, 0.1) is 23.7 Å². The third-order valence-electron chi connectivity index (χ3n) is 5.70. The normalized spacial score (nSPS) is 28.6. The zero-order valence-electron chi connectivity index (χ0n) is 14.5. The maximum atomic E-state index is 12.6. The summed E-state index contributed by atoms with van der Waals surface area (Å²) >= 11 is 0. The molecule has 2 aliphatic carbocycles. The number of amides is 3. The summed E-state index contributed by atoms with van der Waals surface area (Å²) in [5, 5.41) is 2.73. The van der Waals surface area contributed by atoms with E-state index < -0.39 is 0 Å². The summed E-state index contributed by atoms with van der Waals surface area (Å²) in [6.07, 6.45) is 5.07. The molecule has 3 amide bonds. The van der Waals surface area contributed by atoms with E-state index in [1.54, 1.807) is 24.3 Å². The second-order valence-electron chi connectivity index (χ2n) is 7.26. The van der Waals surface area contributed by atoms with Crippen molar-refractivity contribution in [1.29, 1.82) is 0 Å². The van der Waals surface area contributed by atoms with E-state index in [4.69, 9.17) is 0 Å². The van der Waals surface area contributed by atoms with Gasteiger partial charge in [0.25, 0.3) is 0 Å². The number of carbonyl (C=O) groups excluding carboxylic acids is 4. The average Bonchev–Trinajstić information content (AvgIpc) is 3.28. The maximum absolute atomic E-state index is 12.6. The average molecular weight is 352 g/mol. The number of Topliss-reactive ketones (excluding diaryl/α,β-unsaturated/α-hetero) is 1. The largest absolute Gasteiger partial charge is 0.326 e. The van der Waals surface area contributed by atoms with Gasteiger partial charge in [0.2, 0.25) is 17.7 Å². The van der Waals surface area contributed by atoms with Crippen LogP contribution >= 0.6 is 0 Å². The van der Waals surface area contributed by atoms with Crippen molar-refractivity contribution in [3.8, 4) is 0 Å². The molecule has 6 nitrogen and oxygen atoms in total. The molecule has 2 bridgehead atoms. The number of likely N-dealkylation sites (tertiary alicyclic amines) is 1.